The molecule has 1 aliphatic rings. The molecule has 0 amide bonds. The summed E-state index contributed by atoms with van der Waals surface area (Å²) < 4.78 is 7.86. The summed E-state index contributed by atoms with van der Waals surface area (Å²) in [6, 6.07) is 2.69. The van der Waals surface area contributed by atoms with E-state index in [4.69, 9.17) is 4.74 Å². The third-order valence-electron chi connectivity index (χ3n) is 4.47. The summed E-state index contributed by atoms with van der Waals surface area (Å²) in [5, 5.41) is 8.00. The van der Waals surface area contributed by atoms with Gasteiger partial charge in [0.05, 0.1) is 6.10 Å². The molecule has 1 N–H and O–H groups in total. The van der Waals surface area contributed by atoms with Crippen molar-refractivity contribution in [2.45, 2.75) is 58.1 Å². The van der Waals surface area contributed by atoms with E-state index in [0.717, 1.165) is 26.0 Å². The maximum atomic E-state index is 5.88. The first-order chi connectivity index (χ1) is 9.76. The third-order valence-corrected chi connectivity index (χ3v) is 4.47. The lowest BCUT2D eigenvalue weighted by atomic mass is 9.88. The van der Waals surface area contributed by atoms with Crippen LogP contribution in [0.4, 0.5) is 0 Å². The molecule has 0 spiro atoms. The van der Waals surface area contributed by atoms with Crippen LogP contribution in [0.5, 0.6) is 0 Å². The zero-order valence-corrected chi connectivity index (χ0v) is 13.1. The highest BCUT2D eigenvalue weighted by Crippen LogP contribution is 2.28. The number of rotatable bonds is 8. The zero-order valence-electron chi connectivity index (χ0n) is 13.1. The molecule has 20 heavy (non-hydrogen) atoms. The fourth-order valence-corrected chi connectivity index (χ4v) is 3.29. The van der Waals surface area contributed by atoms with Gasteiger partial charge in [-0.2, -0.15) is 5.10 Å². The van der Waals surface area contributed by atoms with Gasteiger partial charge in [-0.15, -0.1) is 0 Å². The lowest BCUT2D eigenvalue weighted by molar-refractivity contribution is 0.0764. The highest BCUT2D eigenvalue weighted by atomic mass is 16.5. The molecule has 0 aromatic carbocycles. The monoisotopic (exact) mass is 279 g/mol. The number of nitrogens with zero attached hydrogens (tertiary/aromatic N) is 2. The Hall–Kier alpha value is -0.870. The van der Waals surface area contributed by atoms with Gasteiger partial charge in [-0.1, -0.05) is 13.8 Å². The van der Waals surface area contributed by atoms with Crippen molar-refractivity contribution in [1.29, 1.82) is 0 Å². The SMILES string of the molecule is CCCNC(CCc1ccnn1C)C1CCOC1CC. The predicted molar refractivity (Wildman–Crippen MR) is 81.7 cm³/mol. The van der Waals surface area contributed by atoms with E-state index in [0.29, 0.717) is 18.1 Å². The molecule has 2 rings (SSSR count). The van der Waals surface area contributed by atoms with Gasteiger partial charge in [0.2, 0.25) is 0 Å². The Morgan fingerprint density at radius 2 is 2.35 bits per heavy atom. The topological polar surface area (TPSA) is 39.1 Å². The van der Waals surface area contributed by atoms with Crippen LogP contribution in [0.3, 0.4) is 0 Å². The Bertz CT molecular complexity index is 391. The van der Waals surface area contributed by atoms with Gasteiger partial charge in [0.15, 0.2) is 0 Å². The Morgan fingerprint density at radius 1 is 1.50 bits per heavy atom. The van der Waals surface area contributed by atoms with Crippen molar-refractivity contribution in [2.75, 3.05) is 13.2 Å². The average Bonchev–Trinajstić information content (AvgIpc) is 3.08. The molecule has 1 fully saturated rings. The molecule has 2 heterocycles. The Kier molecular flexibility index (Phi) is 6.05. The molecule has 4 nitrogen and oxygen atoms in total. The molecule has 0 bridgehead atoms. The molecule has 1 saturated heterocycles. The second kappa shape index (κ2) is 7.79. The number of aryl methyl sites for hydroxylation is 2. The Balaban J connectivity index is 1.94. The van der Waals surface area contributed by atoms with Gasteiger partial charge in [0.1, 0.15) is 0 Å². The summed E-state index contributed by atoms with van der Waals surface area (Å²) in [6.07, 6.45) is 8.10. The van der Waals surface area contributed by atoms with Gasteiger partial charge in [-0.05, 0) is 44.7 Å². The molecule has 1 aliphatic heterocycles. The Morgan fingerprint density at radius 3 is 3.00 bits per heavy atom. The lowest BCUT2D eigenvalue weighted by Gasteiger charge is -2.28. The van der Waals surface area contributed by atoms with Crippen LogP contribution in [0, 0.1) is 5.92 Å². The van der Waals surface area contributed by atoms with Gasteiger partial charge in [0, 0.05) is 37.5 Å². The largest absolute Gasteiger partial charge is 0.378 e. The quantitative estimate of drug-likeness (QED) is 0.795. The fourth-order valence-electron chi connectivity index (χ4n) is 3.29. The normalized spacial score (nSPS) is 24.1. The molecule has 1 aromatic rings. The fraction of sp³-hybridized carbons (Fsp3) is 0.812. The summed E-state index contributed by atoms with van der Waals surface area (Å²) in [6.45, 7) is 6.50. The minimum absolute atomic E-state index is 0.441. The van der Waals surface area contributed by atoms with Gasteiger partial charge < -0.3 is 10.1 Å². The van der Waals surface area contributed by atoms with Gasteiger partial charge in [-0.3, -0.25) is 4.68 Å². The number of nitrogens with one attached hydrogen (secondary N) is 1. The Labute approximate surface area is 122 Å². The van der Waals surface area contributed by atoms with E-state index in [2.05, 4.69) is 30.3 Å². The molecular weight excluding hydrogens is 250 g/mol. The van der Waals surface area contributed by atoms with Crippen LogP contribution < -0.4 is 5.32 Å². The molecule has 0 radical (unpaired) electrons. The molecule has 0 aliphatic carbocycles. The third kappa shape index (κ3) is 3.83. The van der Waals surface area contributed by atoms with Crippen molar-refractivity contribution >= 4 is 0 Å². The second-order valence-corrected chi connectivity index (χ2v) is 5.82. The average molecular weight is 279 g/mol. The van der Waals surface area contributed by atoms with Gasteiger partial charge in [-0.25, -0.2) is 0 Å². The summed E-state index contributed by atoms with van der Waals surface area (Å²) in [7, 11) is 2.03. The minimum Gasteiger partial charge on any atom is -0.378 e. The van der Waals surface area contributed by atoms with Crippen molar-refractivity contribution < 1.29 is 4.74 Å². The summed E-state index contributed by atoms with van der Waals surface area (Å²) >= 11 is 0. The van der Waals surface area contributed by atoms with Crippen molar-refractivity contribution in [3.63, 3.8) is 0 Å². The van der Waals surface area contributed by atoms with Crippen LogP contribution in [0.1, 0.15) is 45.2 Å². The number of aromatic nitrogens is 2. The van der Waals surface area contributed by atoms with E-state index in [-0.39, 0.29) is 0 Å². The highest BCUT2D eigenvalue weighted by Gasteiger charge is 2.33. The summed E-state index contributed by atoms with van der Waals surface area (Å²) in [5.74, 6) is 0.666. The number of hydrogen-bond acceptors (Lipinski definition) is 3. The minimum atomic E-state index is 0.441. The van der Waals surface area contributed by atoms with Crippen LogP contribution in [0.2, 0.25) is 0 Å². The maximum absolute atomic E-state index is 5.88. The van der Waals surface area contributed by atoms with Crippen molar-refractivity contribution in [3.8, 4) is 0 Å². The maximum Gasteiger partial charge on any atom is 0.0616 e. The van der Waals surface area contributed by atoms with Crippen LogP contribution in [-0.4, -0.2) is 35.1 Å². The van der Waals surface area contributed by atoms with E-state index < -0.39 is 0 Å². The molecule has 1 aromatic heterocycles. The van der Waals surface area contributed by atoms with Crippen LogP contribution in [0.25, 0.3) is 0 Å². The summed E-state index contributed by atoms with van der Waals surface area (Å²) in [4.78, 5) is 0. The molecule has 3 unspecified atom stereocenters. The van der Waals surface area contributed by atoms with Crippen molar-refractivity contribution in [3.05, 3.63) is 18.0 Å². The van der Waals surface area contributed by atoms with E-state index in [1.165, 1.54) is 25.0 Å². The van der Waals surface area contributed by atoms with Crippen molar-refractivity contribution in [2.24, 2.45) is 13.0 Å². The van der Waals surface area contributed by atoms with Crippen LogP contribution >= 0.6 is 0 Å². The van der Waals surface area contributed by atoms with E-state index >= 15 is 0 Å². The van der Waals surface area contributed by atoms with E-state index in [1.807, 2.05) is 17.9 Å². The van der Waals surface area contributed by atoms with Crippen molar-refractivity contribution in [1.82, 2.24) is 15.1 Å². The van der Waals surface area contributed by atoms with E-state index in [1.54, 1.807) is 0 Å². The lowest BCUT2D eigenvalue weighted by Crippen LogP contribution is -2.40. The first kappa shape index (κ1) is 15.5. The smallest absolute Gasteiger partial charge is 0.0616 e. The second-order valence-electron chi connectivity index (χ2n) is 5.82. The first-order valence-corrected chi connectivity index (χ1v) is 8.08. The zero-order chi connectivity index (χ0) is 14.4. The molecule has 0 saturated carbocycles. The van der Waals surface area contributed by atoms with Gasteiger partial charge >= 0.3 is 0 Å². The van der Waals surface area contributed by atoms with Crippen LogP contribution in [0.15, 0.2) is 12.3 Å². The standard InChI is InChI=1S/C16H29N3O/c1-4-10-17-15(14-9-12-20-16(14)5-2)7-6-13-8-11-18-19(13)3/h8,11,14-17H,4-7,9-10,12H2,1-3H3. The number of ether oxygens (including phenoxy) is 1. The molecule has 3 atom stereocenters. The summed E-state index contributed by atoms with van der Waals surface area (Å²) in [5.41, 5.74) is 1.32. The van der Waals surface area contributed by atoms with Gasteiger partial charge in [0.25, 0.3) is 0 Å². The molecule has 4 heteroatoms. The molecule has 114 valence electrons. The first-order valence-electron chi connectivity index (χ1n) is 8.08. The van der Waals surface area contributed by atoms with Crippen LogP contribution in [-0.2, 0) is 18.2 Å². The number of hydrogen-bond donors (Lipinski definition) is 1. The molecular formula is C16H29N3O. The highest BCUT2D eigenvalue weighted by molar-refractivity contribution is 5.01. The predicted octanol–water partition coefficient (Wildman–Crippen LogP) is 2.54. The van der Waals surface area contributed by atoms with E-state index in [9.17, 15) is 0 Å².